The smallest absolute Gasteiger partial charge is 0.259 e. The van der Waals surface area contributed by atoms with Crippen molar-refractivity contribution in [1.82, 2.24) is 29.6 Å². The maximum Gasteiger partial charge on any atom is 0.259 e. The summed E-state index contributed by atoms with van der Waals surface area (Å²) in [5.74, 6) is -0.548. The number of anilines is 2. The molecule has 3 aromatic heterocycles. The fraction of sp³-hybridized carbons (Fsp3) is 0.407. The number of hydrogen-bond donors (Lipinski definition) is 3. The summed E-state index contributed by atoms with van der Waals surface area (Å²) in [4.78, 5) is 41.5. The van der Waals surface area contributed by atoms with Crippen LogP contribution in [0.2, 0.25) is 0 Å². The molecule has 4 rings (SSSR count). The number of nitrogens with two attached hydrogens (primary N) is 1. The van der Waals surface area contributed by atoms with E-state index >= 15 is 0 Å². The zero-order chi connectivity index (χ0) is 27.9. The Labute approximate surface area is 227 Å². The summed E-state index contributed by atoms with van der Waals surface area (Å²) in [6.07, 6.45) is 11.2. The number of carbonyl (C=O) groups excluding carboxylic acids is 2. The summed E-state index contributed by atoms with van der Waals surface area (Å²) in [6.45, 7) is 8.02. The highest BCUT2D eigenvalue weighted by atomic mass is 16.5. The normalized spacial score (nSPS) is 16.0. The number of aromatic nitrogens is 5. The van der Waals surface area contributed by atoms with E-state index < -0.39 is 5.91 Å². The van der Waals surface area contributed by atoms with E-state index in [1.165, 1.54) is 12.4 Å². The van der Waals surface area contributed by atoms with Crippen molar-refractivity contribution in [3.63, 3.8) is 0 Å². The Bertz CT molecular complexity index is 1330. The first-order valence-electron chi connectivity index (χ1n) is 12.9. The maximum atomic E-state index is 13.1. The van der Waals surface area contributed by atoms with Crippen LogP contribution in [0.3, 0.4) is 0 Å². The van der Waals surface area contributed by atoms with Crippen LogP contribution in [-0.4, -0.2) is 73.8 Å². The molecule has 0 bridgehead atoms. The predicted molar refractivity (Wildman–Crippen MR) is 148 cm³/mol. The Hall–Kier alpha value is -4.16. The Morgan fingerprint density at radius 2 is 2.00 bits per heavy atom. The number of likely N-dealkylation sites (tertiary alicyclic amines) is 1. The van der Waals surface area contributed by atoms with E-state index in [9.17, 15) is 9.59 Å². The molecule has 0 spiro atoms. The lowest BCUT2D eigenvalue weighted by atomic mass is 10.1. The van der Waals surface area contributed by atoms with Crippen molar-refractivity contribution in [2.75, 3.05) is 30.9 Å². The van der Waals surface area contributed by atoms with Crippen molar-refractivity contribution >= 4 is 28.8 Å². The van der Waals surface area contributed by atoms with Gasteiger partial charge in [-0.25, -0.2) is 0 Å². The van der Waals surface area contributed by atoms with Crippen LogP contribution in [0.1, 0.15) is 38.1 Å². The number of methoxy groups -OCH3 is 1. The fourth-order valence-corrected chi connectivity index (χ4v) is 4.53. The van der Waals surface area contributed by atoms with Crippen LogP contribution in [0.4, 0.5) is 11.4 Å². The van der Waals surface area contributed by atoms with Gasteiger partial charge in [-0.05, 0) is 46.2 Å². The molecule has 1 saturated heterocycles. The first kappa shape index (κ1) is 27.9. The van der Waals surface area contributed by atoms with E-state index in [1.54, 1.807) is 43.4 Å². The Morgan fingerprint density at radius 3 is 2.69 bits per heavy atom. The third kappa shape index (κ3) is 6.65. The second kappa shape index (κ2) is 12.6. The molecule has 0 saturated carbocycles. The van der Waals surface area contributed by atoms with Crippen LogP contribution in [-0.2, 0) is 20.9 Å². The molecule has 12 heteroatoms. The third-order valence-electron chi connectivity index (χ3n) is 6.66. The monoisotopic (exact) mass is 533 g/mol. The molecule has 206 valence electrons. The second-order valence-electron chi connectivity index (χ2n) is 9.64. The molecule has 1 aliphatic rings. The molecule has 3 aromatic rings. The van der Waals surface area contributed by atoms with E-state index in [4.69, 9.17) is 10.5 Å². The summed E-state index contributed by atoms with van der Waals surface area (Å²) in [7, 11) is 1.64. The maximum absolute atomic E-state index is 13.1. The van der Waals surface area contributed by atoms with E-state index in [0.717, 1.165) is 24.9 Å². The standard InChI is InChI=1S/C27H35N9O3/c1-17(2)36-7-5-6-25(36)27(38)33-20-10-22(18(3)29-13-20)34-26(37)21(11-28)24-15-30-23(14-31-24)19-12-32-35(16-19)8-9-39-4/h10-17,25H,5-9,28H2,1-4H3,(H,33,38)(H,34,37)/b21-11+/t25-/m1/s1. The largest absolute Gasteiger partial charge is 0.404 e. The number of rotatable bonds is 10. The second-order valence-corrected chi connectivity index (χ2v) is 9.64. The molecule has 0 radical (unpaired) electrons. The molecule has 0 aliphatic carbocycles. The molecule has 4 N–H and O–H groups in total. The van der Waals surface area contributed by atoms with Crippen LogP contribution in [0.5, 0.6) is 0 Å². The molecule has 1 fully saturated rings. The molecular weight excluding hydrogens is 498 g/mol. The minimum atomic E-state index is -0.470. The van der Waals surface area contributed by atoms with Crippen molar-refractivity contribution in [3.05, 3.63) is 54.6 Å². The van der Waals surface area contributed by atoms with Crippen LogP contribution in [0.25, 0.3) is 16.8 Å². The van der Waals surface area contributed by atoms with Gasteiger partial charge in [-0.15, -0.1) is 0 Å². The number of aryl methyl sites for hydroxylation is 1. The summed E-state index contributed by atoms with van der Waals surface area (Å²) < 4.78 is 6.83. The van der Waals surface area contributed by atoms with Crippen LogP contribution < -0.4 is 16.4 Å². The highest BCUT2D eigenvalue weighted by Gasteiger charge is 2.32. The average molecular weight is 534 g/mol. The molecule has 39 heavy (non-hydrogen) atoms. The third-order valence-corrected chi connectivity index (χ3v) is 6.66. The van der Waals surface area contributed by atoms with Crippen molar-refractivity contribution in [2.45, 2.75) is 52.2 Å². The minimum Gasteiger partial charge on any atom is -0.404 e. The van der Waals surface area contributed by atoms with Crippen LogP contribution >= 0.6 is 0 Å². The summed E-state index contributed by atoms with van der Waals surface area (Å²) in [5.41, 5.74) is 9.23. The topological polar surface area (TPSA) is 153 Å². The number of carbonyl (C=O) groups is 2. The van der Waals surface area contributed by atoms with E-state index in [-0.39, 0.29) is 23.6 Å². The number of nitrogens with zero attached hydrogens (tertiary/aromatic N) is 6. The lowest BCUT2D eigenvalue weighted by Gasteiger charge is -2.27. The molecule has 1 aliphatic heterocycles. The molecule has 2 amide bonds. The average Bonchev–Trinajstić information content (AvgIpc) is 3.61. The highest BCUT2D eigenvalue weighted by molar-refractivity contribution is 6.24. The van der Waals surface area contributed by atoms with Crippen molar-refractivity contribution in [3.8, 4) is 11.3 Å². The van der Waals surface area contributed by atoms with Gasteiger partial charge < -0.3 is 21.1 Å². The van der Waals surface area contributed by atoms with Gasteiger partial charge >= 0.3 is 0 Å². The summed E-state index contributed by atoms with van der Waals surface area (Å²) in [5, 5.41) is 10.1. The first-order chi connectivity index (χ1) is 18.8. The number of pyridine rings is 1. The molecular formula is C27H35N9O3. The lowest BCUT2D eigenvalue weighted by molar-refractivity contribution is -0.120. The van der Waals surface area contributed by atoms with Gasteiger partial charge in [0.25, 0.3) is 5.91 Å². The first-order valence-corrected chi connectivity index (χ1v) is 12.9. The van der Waals surface area contributed by atoms with Crippen molar-refractivity contribution < 1.29 is 14.3 Å². The minimum absolute atomic E-state index is 0.0775. The van der Waals surface area contributed by atoms with Gasteiger partial charge in [0.1, 0.15) is 0 Å². The Morgan fingerprint density at radius 1 is 1.18 bits per heavy atom. The Kier molecular flexibility index (Phi) is 8.99. The zero-order valence-electron chi connectivity index (χ0n) is 22.7. The molecule has 0 unspecified atom stereocenters. The number of nitrogens with one attached hydrogen (secondary N) is 2. The van der Waals surface area contributed by atoms with Crippen LogP contribution in [0, 0.1) is 6.92 Å². The predicted octanol–water partition coefficient (Wildman–Crippen LogP) is 2.44. The van der Waals surface area contributed by atoms with Crippen molar-refractivity contribution in [1.29, 1.82) is 0 Å². The lowest BCUT2D eigenvalue weighted by Crippen LogP contribution is -2.43. The molecule has 0 aromatic carbocycles. The number of amides is 2. The SMILES string of the molecule is COCCn1cc(-c2cnc(/C(=C\N)C(=O)Nc3cc(NC(=O)[C@H]4CCCN4C(C)C)cnc3C)cn2)cn1. The quantitative estimate of drug-likeness (QED) is 0.334. The van der Waals surface area contributed by atoms with E-state index in [0.29, 0.717) is 41.6 Å². The number of ether oxygens (including phenoxy) is 1. The Balaban J connectivity index is 1.44. The van der Waals surface area contributed by atoms with E-state index in [2.05, 4.69) is 49.4 Å². The van der Waals surface area contributed by atoms with Gasteiger partial charge in [-0.3, -0.25) is 34.1 Å². The zero-order valence-corrected chi connectivity index (χ0v) is 22.7. The van der Waals surface area contributed by atoms with Gasteiger partial charge in [0.05, 0.1) is 78.0 Å². The molecule has 1 atom stereocenters. The van der Waals surface area contributed by atoms with Gasteiger partial charge in [-0.2, -0.15) is 5.10 Å². The summed E-state index contributed by atoms with van der Waals surface area (Å²) in [6, 6.07) is 1.79. The fourth-order valence-electron chi connectivity index (χ4n) is 4.53. The van der Waals surface area contributed by atoms with Crippen molar-refractivity contribution in [2.24, 2.45) is 5.73 Å². The molecule has 12 nitrogen and oxygen atoms in total. The summed E-state index contributed by atoms with van der Waals surface area (Å²) >= 11 is 0. The van der Waals surface area contributed by atoms with Gasteiger partial charge in [0, 0.05) is 31.1 Å². The van der Waals surface area contributed by atoms with Gasteiger partial charge in [-0.1, -0.05) is 0 Å². The van der Waals surface area contributed by atoms with Crippen LogP contribution in [0.15, 0.2) is 43.3 Å². The van der Waals surface area contributed by atoms with Gasteiger partial charge in [0.15, 0.2) is 0 Å². The van der Waals surface area contributed by atoms with Gasteiger partial charge in [0.2, 0.25) is 5.91 Å². The number of hydrogen-bond acceptors (Lipinski definition) is 9. The highest BCUT2D eigenvalue weighted by Crippen LogP contribution is 2.24. The molecule has 4 heterocycles. The van der Waals surface area contributed by atoms with E-state index in [1.807, 2.05) is 6.20 Å².